The van der Waals surface area contributed by atoms with Crippen molar-refractivity contribution in [2.24, 2.45) is 5.10 Å². The van der Waals surface area contributed by atoms with Crippen LogP contribution in [0, 0.1) is 0 Å². The number of rotatable bonds is 9. The minimum Gasteiger partial charge on any atom is -0.490 e. The van der Waals surface area contributed by atoms with Crippen molar-refractivity contribution in [2.75, 3.05) is 23.5 Å². The fourth-order valence-electron chi connectivity index (χ4n) is 4.25. The third kappa shape index (κ3) is 6.60. The number of carbonyl (C=O) groups excluding carboxylic acids is 2. The molecule has 0 aliphatic carbocycles. The highest BCUT2D eigenvalue weighted by atomic mass is 35.5. The van der Waals surface area contributed by atoms with E-state index >= 15 is 0 Å². The maximum Gasteiger partial charge on any atom is 0.281 e. The summed E-state index contributed by atoms with van der Waals surface area (Å²) in [7, 11) is 0. The van der Waals surface area contributed by atoms with E-state index in [1.54, 1.807) is 36.4 Å². The molecule has 0 bridgehead atoms. The zero-order chi connectivity index (χ0) is 29.6. The topological polar surface area (TPSA) is 80.2 Å². The monoisotopic (exact) mass is 619 g/mol. The van der Waals surface area contributed by atoms with Gasteiger partial charge in [0.1, 0.15) is 5.71 Å². The van der Waals surface area contributed by atoms with E-state index < -0.39 is 5.91 Å². The Morgan fingerprint density at radius 2 is 1.60 bits per heavy atom. The average Bonchev–Trinajstić information content (AvgIpc) is 3.31. The van der Waals surface area contributed by atoms with Crippen molar-refractivity contribution < 1.29 is 19.1 Å². The van der Waals surface area contributed by atoms with Crippen LogP contribution in [-0.2, 0) is 9.59 Å². The van der Waals surface area contributed by atoms with Crippen LogP contribution in [0.25, 0.3) is 6.08 Å². The normalized spacial score (nSPS) is 13.7. The molecule has 0 saturated carbocycles. The molecule has 0 saturated heterocycles. The van der Waals surface area contributed by atoms with Crippen molar-refractivity contribution in [3.8, 4) is 11.5 Å². The van der Waals surface area contributed by atoms with Gasteiger partial charge in [0.2, 0.25) is 0 Å². The van der Waals surface area contributed by atoms with E-state index in [0.717, 1.165) is 5.56 Å². The van der Waals surface area contributed by atoms with Gasteiger partial charge in [0.05, 0.1) is 32.9 Å². The second-order valence-electron chi connectivity index (χ2n) is 9.05. The Bertz CT molecular complexity index is 1690. The molecule has 1 N–H and O–H groups in total. The maximum absolute atomic E-state index is 13.6. The predicted octanol–water partition coefficient (Wildman–Crippen LogP) is 7.90. The van der Waals surface area contributed by atoms with Crippen molar-refractivity contribution in [1.82, 2.24) is 0 Å². The highest BCUT2D eigenvalue weighted by Crippen LogP contribution is 2.38. The molecule has 0 atom stereocenters. The van der Waals surface area contributed by atoms with Crippen molar-refractivity contribution >= 4 is 69.8 Å². The molecule has 7 nitrogen and oxygen atoms in total. The number of para-hydroxylation sites is 1. The Hall–Kier alpha value is -4.30. The number of hydrazone groups is 1. The number of hydrogen-bond donors (Lipinski definition) is 1. The van der Waals surface area contributed by atoms with Crippen molar-refractivity contribution in [3.05, 3.63) is 123 Å². The summed E-state index contributed by atoms with van der Waals surface area (Å²) in [6.45, 7) is 1.80. The van der Waals surface area contributed by atoms with Gasteiger partial charge in [-0.25, -0.2) is 0 Å². The molecule has 0 spiro atoms. The van der Waals surface area contributed by atoms with Crippen molar-refractivity contribution in [3.63, 3.8) is 0 Å². The fraction of sp³-hybridized carbons (Fsp3) is 0.0938. The van der Waals surface area contributed by atoms with Crippen LogP contribution in [0.15, 0.2) is 102 Å². The van der Waals surface area contributed by atoms with Gasteiger partial charge in [-0.15, -0.1) is 0 Å². The number of hydrogen-bond acceptors (Lipinski definition) is 5. The van der Waals surface area contributed by atoms with Gasteiger partial charge < -0.3 is 14.8 Å². The van der Waals surface area contributed by atoms with E-state index in [1.807, 2.05) is 67.6 Å². The summed E-state index contributed by atoms with van der Waals surface area (Å²) in [5.74, 6) is -0.193. The molecule has 1 aliphatic rings. The molecule has 212 valence electrons. The molecule has 5 rings (SSSR count). The predicted molar refractivity (Wildman–Crippen MR) is 168 cm³/mol. The number of halogens is 3. The van der Waals surface area contributed by atoms with Crippen LogP contribution in [0.3, 0.4) is 0 Å². The summed E-state index contributed by atoms with van der Waals surface area (Å²) < 4.78 is 11.6. The standard InChI is InChI=1S/C32H24Cl3N3O4/c1-2-41-28-17-20(16-27(35)31(28)42-19-29(39)36-22-13-14-25(33)26(34)18-22)15-24-30(21-9-5-3-6-10-21)37-38(32(24)40)23-11-7-4-8-12-23/h3-18H,2,19H2,1H3,(H,36,39)/b24-15-. The average molecular weight is 621 g/mol. The molecule has 1 aliphatic heterocycles. The van der Waals surface area contributed by atoms with Crippen LogP contribution in [0.1, 0.15) is 18.1 Å². The molecule has 0 unspecified atom stereocenters. The summed E-state index contributed by atoms with van der Waals surface area (Å²) in [5.41, 5.74) is 3.42. The fourth-order valence-corrected chi connectivity index (χ4v) is 4.82. The van der Waals surface area contributed by atoms with Crippen LogP contribution in [0.2, 0.25) is 15.1 Å². The molecule has 1 heterocycles. The maximum atomic E-state index is 13.6. The second-order valence-corrected chi connectivity index (χ2v) is 10.3. The number of nitrogens with zero attached hydrogens (tertiary/aromatic N) is 2. The first kappa shape index (κ1) is 29.2. The van der Waals surface area contributed by atoms with Crippen LogP contribution in [0.4, 0.5) is 11.4 Å². The van der Waals surface area contributed by atoms with Crippen molar-refractivity contribution in [2.45, 2.75) is 6.92 Å². The second kappa shape index (κ2) is 13.1. The van der Waals surface area contributed by atoms with Crippen LogP contribution < -0.4 is 19.8 Å². The van der Waals surface area contributed by atoms with Gasteiger partial charge in [0.25, 0.3) is 11.8 Å². The molecule has 10 heteroatoms. The lowest BCUT2D eigenvalue weighted by molar-refractivity contribution is -0.118. The number of anilines is 2. The van der Waals surface area contributed by atoms with E-state index in [4.69, 9.17) is 44.3 Å². The third-order valence-electron chi connectivity index (χ3n) is 6.12. The molecule has 0 fully saturated rings. The lowest BCUT2D eigenvalue weighted by Crippen LogP contribution is -2.21. The van der Waals surface area contributed by atoms with Gasteiger partial charge in [0.15, 0.2) is 18.1 Å². The number of amides is 2. The Kier molecular flexibility index (Phi) is 9.12. The quantitative estimate of drug-likeness (QED) is 0.193. The summed E-state index contributed by atoms with van der Waals surface area (Å²) in [4.78, 5) is 26.2. The highest BCUT2D eigenvalue weighted by Gasteiger charge is 2.32. The molecular formula is C32H24Cl3N3O4. The van der Waals surface area contributed by atoms with Gasteiger partial charge in [-0.1, -0.05) is 83.3 Å². The Morgan fingerprint density at radius 3 is 2.29 bits per heavy atom. The minimum atomic E-state index is -0.431. The third-order valence-corrected chi connectivity index (χ3v) is 7.14. The summed E-state index contributed by atoms with van der Waals surface area (Å²) in [6, 6.07) is 26.8. The van der Waals surface area contributed by atoms with Gasteiger partial charge in [-0.2, -0.15) is 10.1 Å². The number of carbonyl (C=O) groups is 2. The Labute approximate surface area is 257 Å². The van der Waals surface area contributed by atoms with Gasteiger partial charge >= 0.3 is 0 Å². The number of nitrogens with one attached hydrogen (secondary N) is 1. The molecule has 42 heavy (non-hydrogen) atoms. The van der Waals surface area contributed by atoms with E-state index in [0.29, 0.717) is 50.6 Å². The SMILES string of the molecule is CCOc1cc(/C=C2\C(=O)N(c3ccccc3)N=C2c2ccccc2)cc(Cl)c1OCC(=O)Nc1ccc(Cl)c(Cl)c1. The molecule has 0 aromatic heterocycles. The lowest BCUT2D eigenvalue weighted by Gasteiger charge is -2.15. The molecule has 2 amide bonds. The summed E-state index contributed by atoms with van der Waals surface area (Å²) in [5, 5.41) is 9.64. The van der Waals surface area contributed by atoms with Crippen LogP contribution in [-0.4, -0.2) is 30.7 Å². The van der Waals surface area contributed by atoms with Crippen LogP contribution in [0.5, 0.6) is 11.5 Å². The zero-order valence-corrected chi connectivity index (χ0v) is 24.6. The van der Waals surface area contributed by atoms with E-state index in [2.05, 4.69) is 10.4 Å². The van der Waals surface area contributed by atoms with E-state index in [-0.39, 0.29) is 23.3 Å². The van der Waals surface area contributed by atoms with E-state index in [1.165, 1.54) is 5.01 Å². The van der Waals surface area contributed by atoms with Gasteiger partial charge in [-0.3, -0.25) is 9.59 Å². The van der Waals surface area contributed by atoms with Crippen LogP contribution >= 0.6 is 34.8 Å². The smallest absolute Gasteiger partial charge is 0.281 e. The number of ether oxygens (including phenoxy) is 2. The Morgan fingerprint density at radius 1 is 0.881 bits per heavy atom. The largest absolute Gasteiger partial charge is 0.490 e. The molecule has 4 aromatic rings. The molecule has 4 aromatic carbocycles. The molecular weight excluding hydrogens is 597 g/mol. The van der Waals surface area contributed by atoms with Crippen molar-refractivity contribution in [1.29, 1.82) is 0 Å². The zero-order valence-electron chi connectivity index (χ0n) is 22.3. The van der Waals surface area contributed by atoms with E-state index in [9.17, 15) is 9.59 Å². The summed E-state index contributed by atoms with van der Waals surface area (Å²) >= 11 is 18.6. The van der Waals surface area contributed by atoms with Gasteiger partial charge in [0, 0.05) is 11.3 Å². The van der Waals surface area contributed by atoms with Gasteiger partial charge in [-0.05, 0) is 61.0 Å². The Balaban J connectivity index is 1.43. The molecule has 0 radical (unpaired) electrons. The lowest BCUT2D eigenvalue weighted by atomic mass is 10.00. The minimum absolute atomic E-state index is 0.200. The summed E-state index contributed by atoms with van der Waals surface area (Å²) in [6.07, 6.45) is 1.71. The first-order valence-corrected chi connectivity index (χ1v) is 14.1. The number of benzene rings is 4. The first-order valence-electron chi connectivity index (χ1n) is 12.9. The highest BCUT2D eigenvalue weighted by molar-refractivity contribution is 6.42. The first-order chi connectivity index (χ1) is 20.3.